The number of rotatable bonds is 7. The molecule has 1 N–H and O–H groups in total. The van der Waals surface area contributed by atoms with E-state index in [0.29, 0.717) is 6.04 Å². The topological polar surface area (TPSA) is 29.9 Å². The van der Waals surface area contributed by atoms with E-state index in [4.69, 9.17) is 0 Å². The van der Waals surface area contributed by atoms with Gasteiger partial charge in [0.25, 0.3) is 0 Å². The fraction of sp³-hybridized carbons (Fsp3) is 0.812. The van der Waals surface area contributed by atoms with Gasteiger partial charge in [0.2, 0.25) is 0 Å². The second-order valence-corrected chi connectivity index (χ2v) is 7.95. The van der Waals surface area contributed by atoms with Crippen LogP contribution < -0.4 is 5.32 Å². The summed E-state index contributed by atoms with van der Waals surface area (Å²) in [7, 11) is 2.07. The van der Waals surface area contributed by atoms with E-state index in [0.717, 1.165) is 25.3 Å². The molecule has 1 aromatic heterocycles. The molecule has 0 aromatic carbocycles. The number of nitrogens with zero attached hydrogens (tertiary/aromatic N) is 2. The van der Waals surface area contributed by atoms with Gasteiger partial charge in [-0.2, -0.15) is 16.9 Å². The first kappa shape index (κ1) is 17.4. The van der Waals surface area contributed by atoms with Crippen LogP contribution in [0.1, 0.15) is 44.5 Å². The zero-order valence-corrected chi connectivity index (χ0v) is 15.9. The largest absolute Gasteiger partial charge is 0.314 e. The van der Waals surface area contributed by atoms with E-state index >= 15 is 0 Å². The van der Waals surface area contributed by atoms with Gasteiger partial charge < -0.3 is 5.32 Å². The molecule has 2 rings (SSSR count). The first-order valence-corrected chi connectivity index (χ1v) is 10.1. The highest BCUT2D eigenvalue weighted by atomic mass is 79.9. The molecule has 0 amide bonds. The molecule has 1 aliphatic rings. The van der Waals surface area contributed by atoms with Crippen molar-refractivity contribution in [3.05, 3.63) is 15.9 Å². The first-order chi connectivity index (χ1) is 10.2. The van der Waals surface area contributed by atoms with Gasteiger partial charge in [0, 0.05) is 19.5 Å². The van der Waals surface area contributed by atoms with Crippen molar-refractivity contribution in [3.63, 3.8) is 0 Å². The monoisotopic (exact) mass is 373 g/mol. The standard InChI is InChI=1S/C16H28BrN3S/c1-4-14-16(17)15(20(3)19-14)11-13(18-5-2)10-12-6-8-21-9-7-12/h12-13,18H,4-11H2,1-3H3. The van der Waals surface area contributed by atoms with E-state index < -0.39 is 0 Å². The molecule has 0 saturated carbocycles. The van der Waals surface area contributed by atoms with E-state index in [-0.39, 0.29) is 0 Å². The van der Waals surface area contributed by atoms with Gasteiger partial charge in [0.05, 0.1) is 15.9 Å². The lowest BCUT2D eigenvalue weighted by atomic mass is 9.92. The number of hydrogen-bond donors (Lipinski definition) is 1. The third-order valence-corrected chi connectivity index (χ3v) is 6.36. The van der Waals surface area contributed by atoms with Gasteiger partial charge in [-0.1, -0.05) is 13.8 Å². The molecule has 1 aliphatic heterocycles. The van der Waals surface area contributed by atoms with Crippen molar-refractivity contribution in [2.75, 3.05) is 18.1 Å². The highest BCUT2D eigenvalue weighted by molar-refractivity contribution is 9.10. The maximum atomic E-state index is 4.63. The molecular weight excluding hydrogens is 346 g/mol. The van der Waals surface area contributed by atoms with Crippen molar-refractivity contribution < 1.29 is 0 Å². The number of thioether (sulfide) groups is 1. The molecule has 1 saturated heterocycles. The zero-order valence-electron chi connectivity index (χ0n) is 13.5. The van der Waals surface area contributed by atoms with Crippen LogP contribution in [-0.4, -0.2) is 33.9 Å². The Kier molecular flexibility index (Phi) is 7.10. The lowest BCUT2D eigenvalue weighted by Crippen LogP contribution is -2.34. The minimum absolute atomic E-state index is 0.569. The normalized spacial score (nSPS) is 18.1. The minimum atomic E-state index is 0.569. The minimum Gasteiger partial charge on any atom is -0.314 e. The molecule has 3 nitrogen and oxygen atoms in total. The predicted molar refractivity (Wildman–Crippen MR) is 96.1 cm³/mol. The summed E-state index contributed by atoms with van der Waals surface area (Å²) in [5.74, 6) is 3.59. The third-order valence-electron chi connectivity index (χ3n) is 4.39. The molecule has 1 fully saturated rings. The van der Waals surface area contributed by atoms with Crippen molar-refractivity contribution in [1.29, 1.82) is 0 Å². The smallest absolute Gasteiger partial charge is 0.0766 e. The number of aromatic nitrogens is 2. The fourth-order valence-corrected chi connectivity index (χ4v) is 5.17. The summed E-state index contributed by atoms with van der Waals surface area (Å²) < 4.78 is 3.28. The molecule has 1 atom stereocenters. The van der Waals surface area contributed by atoms with E-state index in [9.17, 15) is 0 Å². The van der Waals surface area contributed by atoms with Crippen LogP contribution in [0, 0.1) is 5.92 Å². The molecule has 21 heavy (non-hydrogen) atoms. The second kappa shape index (κ2) is 8.59. The summed E-state index contributed by atoms with van der Waals surface area (Å²) in [5, 5.41) is 8.32. The van der Waals surface area contributed by atoms with Crippen molar-refractivity contribution in [3.8, 4) is 0 Å². The first-order valence-electron chi connectivity index (χ1n) is 8.17. The molecule has 0 bridgehead atoms. The van der Waals surface area contributed by atoms with Gasteiger partial charge in [0.15, 0.2) is 0 Å². The highest BCUT2D eigenvalue weighted by Crippen LogP contribution is 2.29. The van der Waals surface area contributed by atoms with Gasteiger partial charge in [-0.3, -0.25) is 4.68 Å². The van der Waals surface area contributed by atoms with E-state index in [2.05, 4.69) is 63.7 Å². The van der Waals surface area contributed by atoms with Crippen LogP contribution in [0.5, 0.6) is 0 Å². The van der Waals surface area contributed by atoms with Crippen molar-refractivity contribution >= 4 is 27.7 Å². The molecule has 0 radical (unpaired) electrons. The van der Waals surface area contributed by atoms with E-state index in [1.807, 2.05) is 0 Å². The summed E-state index contributed by atoms with van der Waals surface area (Å²) in [4.78, 5) is 0. The average molecular weight is 374 g/mol. The predicted octanol–water partition coefficient (Wildman–Crippen LogP) is 3.80. The Labute approximate surface area is 141 Å². The molecule has 2 heterocycles. The quantitative estimate of drug-likeness (QED) is 0.787. The van der Waals surface area contributed by atoms with Crippen molar-refractivity contribution in [1.82, 2.24) is 15.1 Å². The van der Waals surface area contributed by atoms with Crippen molar-refractivity contribution in [2.24, 2.45) is 13.0 Å². The molecule has 120 valence electrons. The summed E-state index contributed by atoms with van der Waals surface area (Å²) in [6.45, 7) is 5.42. The highest BCUT2D eigenvalue weighted by Gasteiger charge is 2.22. The van der Waals surface area contributed by atoms with Gasteiger partial charge in [-0.05, 0) is 65.6 Å². The Bertz CT molecular complexity index is 441. The van der Waals surface area contributed by atoms with Crippen LogP contribution >= 0.6 is 27.7 Å². The van der Waals surface area contributed by atoms with Crippen LogP contribution in [0.3, 0.4) is 0 Å². The summed E-state index contributed by atoms with van der Waals surface area (Å²) in [6.07, 6.45) is 6.13. The third kappa shape index (κ3) is 4.73. The summed E-state index contributed by atoms with van der Waals surface area (Å²) in [5.41, 5.74) is 2.51. The lowest BCUT2D eigenvalue weighted by Gasteiger charge is -2.27. The Hall–Kier alpha value is -0.000000000000000111. The van der Waals surface area contributed by atoms with Gasteiger partial charge in [-0.25, -0.2) is 0 Å². The maximum absolute atomic E-state index is 4.63. The number of hydrogen-bond acceptors (Lipinski definition) is 3. The van der Waals surface area contributed by atoms with Crippen LogP contribution in [-0.2, 0) is 19.9 Å². The Balaban J connectivity index is 2.03. The fourth-order valence-electron chi connectivity index (χ4n) is 3.19. The summed E-state index contributed by atoms with van der Waals surface area (Å²) >= 11 is 5.86. The molecular formula is C16H28BrN3S. The van der Waals surface area contributed by atoms with E-state index in [1.54, 1.807) is 0 Å². The lowest BCUT2D eigenvalue weighted by molar-refractivity contribution is 0.362. The summed E-state index contributed by atoms with van der Waals surface area (Å²) in [6, 6.07) is 0.569. The Morgan fingerprint density at radius 2 is 2.10 bits per heavy atom. The SMILES string of the molecule is CCNC(Cc1c(Br)c(CC)nn1C)CC1CCSCC1. The Morgan fingerprint density at radius 1 is 1.38 bits per heavy atom. The molecule has 1 unspecified atom stereocenters. The van der Waals surface area contributed by atoms with Crippen LogP contribution in [0.25, 0.3) is 0 Å². The maximum Gasteiger partial charge on any atom is 0.0766 e. The van der Waals surface area contributed by atoms with Gasteiger partial charge >= 0.3 is 0 Å². The Morgan fingerprint density at radius 3 is 2.67 bits per heavy atom. The molecule has 1 aromatic rings. The number of halogens is 1. The van der Waals surface area contributed by atoms with E-state index in [1.165, 1.54) is 46.6 Å². The van der Waals surface area contributed by atoms with Gasteiger partial charge in [0.1, 0.15) is 0 Å². The van der Waals surface area contributed by atoms with Crippen LogP contribution in [0.2, 0.25) is 0 Å². The number of nitrogens with one attached hydrogen (secondary N) is 1. The number of aryl methyl sites for hydroxylation is 2. The van der Waals surface area contributed by atoms with Crippen LogP contribution in [0.4, 0.5) is 0 Å². The van der Waals surface area contributed by atoms with Crippen molar-refractivity contribution in [2.45, 2.75) is 52.0 Å². The molecule has 5 heteroatoms. The van der Waals surface area contributed by atoms with Crippen LogP contribution in [0.15, 0.2) is 4.47 Å². The zero-order chi connectivity index (χ0) is 15.2. The van der Waals surface area contributed by atoms with Gasteiger partial charge in [-0.15, -0.1) is 0 Å². The second-order valence-electron chi connectivity index (χ2n) is 5.93. The average Bonchev–Trinajstić information content (AvgIpc) is 2.76. The molecule has 0 aliphatic carbocycles. The molecule has 0 spiro atoms. The number of likely N-dealkylation sites (N-methyl/N-ethyl adjacent to an activating group) is 1.